The van der Waals surface area contributed by atoms with E-state index in [-0.39, 0.29) is 12.0 Å². The topological polar surface area (TPSA) is 45.1 Å². The standard InChI is InChI=1S/C7H10N2OS/c10-6-4-8-3-5(6)7-9-1-2-11-7/h1-2,5-6,8,10H,3-4H2/t5-,6-/m1/s1. The SMILES string of the molecule is O[C@@H]1CNC[C@H]1c1nccs1. The summed E-state index contributed by atoms with van der Waals surface area (Å²) < 4.78 is 0. The number of β-amino-alcohol motifs (C(OH)–C–C–N with tert-alkyl or cyclic N) is 1. The molecule has 1 fully saturated rings. The van der Waals surface area contributed by atoms with Crippen LogP contribution in [0.1, 0.15) is 10.9 Å². The van der Waals surface area contributed by atoms with Crippen molar-refractivity contribution in [2.24, 2.45) is 0 Å². The minimum Gasteiger partial charge on any atom is -0.391 e. The lowest BCUT2D eigenvalue weighted by Gasteiger charge is -2.08. The highest BCUT2D eigenvalue weighted by atomic mass is 32.1. The summed E-state index contributed by atoms with van der Waals surface area (Å²) >= 11 is 1.61. The summed E-state index contributed by atoms with van der Waals surface area (Å²) in [4.78, 5) is 4.17. The van der Waals surface area contributed by atoms with Gasteiger partial charge in [0.15, 0.2) is 0 Å². The molecule has 60 valence electrons. The van der Waals surface area contributed by atoms with E-state index in [0.29, 0.717) is 6.54 Å². The second-order valence-electron chi connectivity index (χ2n) is 2.70. The molecular weight excluding hydrogens is 160 g/mol. The molecular formula is C7H10N2OS. The Bertz CT molecular complexity index is 224. The molecule has 1 aromatic heterocycles. The minimum atomic E-state index is -0.249. The molecule has 2 atom stereocenters. The van der Waals surface area contributed by atoms with E-state index in [1.165, 1.54) is 0 Å². The van der Waals surface area contributed by atoms with Crippen LogP contribution in [0.2, 0.25) is 0 Å². The van der Waals surface area contributed by atoms with Crippen LogP contribution in [0.5, 0.6) is 0 Å². The van der Waals surface area contributed by atoms with Crippen LogP contribution in [0.4, 0.5) is 0 Å². The molecule has 1 aromatic rings. The summed E-state index contributed by atoms with van der Waals surface area (Å²) in [5.41, 5.74) is 0. The number of nitrogens with one attached hydrogen (secondary N) is 1. The van der Waals surface area contributed by atoms with Crippen molar-refractivity contribution >= 4 is 11.3 Å². The second kappa shape index (κ2) is 2.89. The lowest BCUT2D eigenvalue weighted by molar-refractivity contribution is 0.177. The quantitative estimate of drug-likeness (QED) is 0.632. The largest absolute Gasteiger partial charge is 0.391 e. The van der Waals surface area contributed by atoms with Gasteiger partial charge in [-0.15, -0.1) is 11.3 Å². The molecule has 2 heterocycles. The molecule has 2 rings (SSSR count). The fraction of sp³-hybridized carbons (Fsp3) is 0.571. The van der Waals surface area contributed by atoms with Gasteiger partial charge in [0.1, 0.15) is 0 Å². The van der Waals surface area contributed by atoms with Crippen molar-refractivity contribution in [3.63, 3.8) is 0 Å². The molecule has 0 unspecified atom stereocenters. The van der Waals surface area contributed by atoms with E-state index in [1.807, 2.05) is 5.38 Å². The fourth-order valence-corrected chi connectivity index (χ4v) is 2.13. The zero-order valence-electron chi connectivity index (χ0n) is 6.03. The Morgan fingerprint density at radius 1 is 1.64 bits per heavy atom. The zero-order chi connectivity index (χ0) is 7.68. The first-order chi connectivity index (χ1) is 5.38. The Kier molecular flexibility index (Phi) is 1.89. The van der Waals surface area contributed by atoms with Crippen molar-refractivity contribution in [3.8, 4) is 0 Å². The van der Waals surface area contributed by atoms with Crippen molar-refractivity contribution in [2.45, 2.75) is 12.0 Å². The summed E-state index contributed by atoms with van der Waals surface area (Å²) in [5.74, 6) is 0.218. The first-order valence-corrected chi connectivity index (χ1v) is 4.54. The van der Waals surface area contributed by atoms with Gasteiger partial charge in [0.2, 0.25) is 0 Å². The number of rotatable bonds is 1. The molecule has 2 N–H and O–H groups in total. The molecule has 0 radical (unpaired) electrons. The van der Waals surface area contributed by atoms with Crippen LogP contribution in [0.25, 0.3) is 0 Å². The van der Waals surface area contributed by atoms with E-state index in [1.54, 1.807) is 17.5 Å². The molecule has 0 aliphatic carbocycles. The molecule has 4 heteroatoms. The number of hydrogen-bond donors (Lipinski definition) is 2. The number of aromatic nitrogens is 1. The van der Waals surface area contributed by atoms with Crippen molar-refractivity contribution in [2.75, 3.05) is 13.1 Å². The summed E-state index contributed by atoms with van der Waals surface area (Å²) in [7, 11) is 0. The van der Waals surface area contributed by atoms with Gasteiger partial charge in [-0.25, -0.2) is 4.98 Å². The van der Waals surface area contributed by atoms with Crippen LogP contribution in [-0.4, -0.2) is 29.3 Å². The van der Waals surface area contributed by atoms with Gasteiger partial charge in [-0.05, 0) is 0 Å². The summed E-state index contributed by atoms with van der Waals surface area (Å²) in [6.07, 6.45) is 1.53. The molecule has 0 aromatic carbocycles. The third kappa shape index (κ3) is 1.29. The number of thiazole rings is 1. The highest BCUT2D eigenvalue weighted by molar-refractivity contribution is 7.09. The van der Waals surface area contributed by atoms with Gasteiger partial charge in [0, 0.05) is 24.7 Å². The molecule has 0 saturated carbocycles. The highest BCUT2D eigenvalue weighted by Crippen LogP contribution is 2.23. The summed E-state index contributed by atoms with van der Waals surface area (Å²) in [5, 5.41) is 15.6. The van der Waals surface area contributed by atoms with E-state index in [2.05, 4.69) is 10.3 Å². The molecule has 0 amide bonds. The monoisotopic (exact) mass is 170 g/mol. The van der Waals surface area contributed by atoms with Crippen molar-refractivity contribution < 1.29 is 5.11 Å². The molecule has 0 spiro atoms. The van der Waals surface area contributed by atoms with Crippen LogP contribution in [0, 0.1) is 0 Å². The third-order valence-corrected chi connectivity index (χ3v) is 2.86. The molecule has 11 heavy (non-hydrogen) atoms. The van der Waals surface area contributed by atoms with Crippen LogP contribution in [-0.2, 0) is 0 Å². The van der Waals surface area contributed by atoms with Crippen molar-refractivity contribution in [1.82, 2.24) is 10.3 Å². The van der Waals surface area contributed by atoms with Crippen LogP contribution in [0.3, 0.4) is 0 Å². The van der Waals surface area contributed by atoms with Gasteiger partial charge >= 0.3 is 0 Å². The Labute approximate surface area is 69.1 Å². The maximum Gasteiger partial charge on any atom is 0.0995 e. The van der Waals surface area contributed by atoms with Gasteiger partial charge in [-0.1, -0.05) is 0 Å². The van der Waals surface area contributed by atoms with E-state index in [4.69, 9.17) is 0 Å². The molecule has 1 aliphatic rings. The maximum absolute atomic E-state index is 9.46. The minimum absolute atomic E-state index is 0.218. The van der Waals surface area contributed by atoms with Gasteiger partial charge < -0.3 is 10.4 Å². The molecule has 0 bridgehead atoms. The van der Waals surface area contributed by atoms with E-state index >= 15 is 0 Å². The van der Waals surface area contributed by atoms with Gasteiger partial charge in [0.05, 0.1) is 17.0 Å². The normalized spacial score (nSPS) is 31.0. The summed E-state index contributed by atoms with van der Waals surface area (Å²) in [6.45, 7) is 1.55. The predicted octanol–water partition coefficient (Wildman–Crippen LogP) is 0.191. The van der Waals surface area contributed by atoms with Gasteiger partial charge in [-0.2, -0.15) is 0 Å². The van der Waals surface area contributed by atoms with Gasteiger partial charge in [-0.3, -0.25) is 0 Å². The maximum atomic E-state index is 9.46. The van der Waals surface area contributed by atoms with Crippen molar-refractivity contribution in [1.29, 1.82) is 0 Å². The first-order valence-electron chi connectivity index (χ1n) is 3.66. The van der Waals surface area contributed by atoms with E-state index in [0.717, 1.165) is 11.6 Å². The fourth-order valence-electron chi connectivity index (χ4n) is 1.33. The van der Waals surface area contributed by atoms with Crippen LogP contribution < -0.4 is 5.32 Å². The zero-order valence-corrected chi connectivity index (χ0v) is 6.84. The second-order valence-corrected chi connectivity index (χ2v) is 3.63. The van der Waals surface area contributed by atoms with Crippen LogP contribution in [0.15, 0.2) is 11.6 Å². The Morgan fingerprint density at radius 2 is 2.55 bits per heavy atom. The van der Waals surface area contributed by atoms with Gasteiger partial charge in [0.25, 0.3) is 0 Å². The average Bonchev–Trinajstić information content (AvgIpc) is 2.55. The third-order valence-electron chi connectivity index (χ3n) is 1.95. The smallest absolute Gasteiger partial charge is 0.0995 e. The molecule has 1 saturated heterocycles. The van der Waals surface area contributed by atoms with Crippen molar-refractivity contribution in [3.05, 3.63) is 16.6 Å². The Balaban J connectivity index is 2.16. The van der Waals surface area contributed by atoms with Crippen LogP contribution >= 0.6 is 11.3 Å². The van der Waals surface area contributed by atoms with E-state index in [9.17, 15) is 5.11 Å². The number of nitrogens with zero attached hydrogens (tertiary/aromatic N) is 1. The average molecular weight is 170 g/mol. The number of hydrogen-bond acceptors (Lipinski definition) is 4. The molecule has 3 nitrogen and oxygen atoms in total. The summed E-state index contributed by atoms with van der Waals surface area (Å²) in [6, 6.07) is 0. The first kappa shape index (κ1) is 7.21. The predicted molar refractivity (Wildman–Crippen MR) is 43.7 cm³/mol. The number of aliphatic hydroxyl groups excluding tert-OH is 1. The number of aliphatic hydroxyl groups is 1. The lowest BCUT2D eigenvalue weighted by Crippen LogP contribution is -2.15. The Morgan fingerprint density at radius 3 is 3.09 bits per heavy atom. The Hall–Kier alpha value is -0.450. The lowest BCUT2D eigenvalue weighted by atomic mass is 10.1. The van der Waals surface area contributed by atoms with E-state index < -0.39 is 0 Å². The molecule has 1 aliphatic heterocycles. The highest BCUT2D eigenvalue weighted by Gasteiger charge is 2.27.